The molecule has 0 bridgehead atoms. The minimum atomic E-state index is -1.33. The molecule has 0 spiro atoms. The largest absolute Gasteiger partial charge is 0.465 e. The third-order valence-corrected chi connectivity index (χ3v) is 2.43. The zero-order valence-electron chi connectivity index (χ0n) is 12.2. The second-order valence-electron chi connectivity index (χ2n) is 4.29. The summed E-state index contributed by atoms with van der Waals surface area (Å²) in [6.45, 7) is 10.3. The molecule has 0 aromatic heterocycles. The predicted molar refractivity (Wildman–Crippen MR) is 76.5 cm³/mol. The van der Waals surface area contributed by atoms with Gasteiger partial charge >= 0.3 is 6.09 Å². The van der Waals surface area contributed by atoms with Gasteiger partial charge < -0.3 is 10.8 Å². The van der Waals surface area contributed by atoms with E-state index in [2.05, 4.69) is 36.9 Å². The van der Waals surface area contributed by atoms with Gasteiger partial charge in [-0.1, -0.05) is 40.0 Å². The van der Waals surface area contributed by atoms with Gasteiger partial charge in [0.2, 0.25) is 0 Å². The lowest BCUT2D eigenvalue weighted by molar-refractivity contribution is 0.181. The van der Waals surface area contributed by atoms with Crippen LogP contribution in [0.25, 0.3) is 0 Å². The normalized spacial score (nSPS) is 10.0. The molecular formula is C13H31N3O2. The van der Waals surface area contributed by atoms with Crippen LogP contribution in [0.15, 0.2) is 0 Å². The highest BCUT2D eigenvalue weighted by Crippen LogP contribution is 1.96. The first kappa shape index (κ1) is 19.5. The van der Waals surface area contributed by atoms with Crippen LogP contribution < -0.4 is 11.2 Å². The van der Waals surface area contributed by atoms with E-state index in [0.717, 1.165) is 6.54 Å². The van der Waals surface area contributed by atoms with Crippen molar-refractivity contribution in [3.8, 4) is 0 Å². The molecule has 5 nitrogen and oxygen atoms in total. The summed E-state index contributed by atoms with van der Waals surface area (Å²) >= 11 is 0. The Morgan fingerprint density at radius 1 is 1.06 bits per heavy atom. The number of primary amides is 1. The van der Waals surface area contributed by atoms with Gasteiger partial charge in [0.1, 0.15) is 0 Å². The fourth-order valence-corrected chi connectivity index (χ4v) is 1.38. The van der Waals surface area contributed by atoms with E-state index in [4.69, 9.17) is 9.90 Å². The van der Waals surface area contributed by atoms with Crippen LogP contribution in [-0.4, -0.2) is 35.8 Å². The summed E-state index contributed by atoms with van der Waals surface area (Å²) in [6, 6.07) is 0. The highest BCUT2D eigenvalue weighted by atomic mass is 16.4. The van der Waals surface area contributed by atoms with Gasteiger partial charge in [-0.3, -0.25) is 5.43 Å². The van der Waals surface area contributed by atoms with E-state index in [9.17, 15) is 0 Å². The smallest absolute Gasteiger partial charge is 0.402 e. The third kappa shape index (κ3) is 20.6. The molecule has 0 saturated heterocycles. The predicted octanol–water partition coefficient (Wildman–Crippen LogP) is 2.82. The number of hydrogen-bond acceptors (Lipinski definition) is 3. The van der Waals surface area contributed by atoms with Gasteiger partial charge in [0.15, 0.2) is 0 Å². The summed E-state index contributed by atoms with van der Waals surface area (Å²) < 4.78 is 0. The molecule has 4 N–H and O–H groups in total. The molecule has 0 heterocycles. The van der Waals surface area contributed by atoms with Crippen LogP contribution in [0.4, 0.5) is 4.79 Å². The van der Waals surface area contributed by atoms with Crippen LogP contribution in [0.3, 0.4) is 0 Å². The maximum atomic E-state index is 8.78. The SMILES string of the molecule is CCCCNN(CCCC)CCCC.NC(=O)O. The number of nitrogens with one attached hydrogen (secondary N) is 1. The Bertz CT molecular complexity index is 166. The zero-order chi connectivity index (χ0) is 14.2. The minimum Gasteiger partial charge on any atom is -0.465 e. The van der Waals surface area contributed by atoms with Crippen LogP contribution in [0.1, 0.15) is 59.3 Å². The first-order valence-electron chi connectivity index (χ1n) is 7.05. The number of hydrogen-bond donors (Lipinski definition) is 3. The van der Waals surface area contributed by atoms with E-state index < -0.39 is 6.09 Å². The molecule has 18 heavy (non-hydrogen) atoms. The van der Waals surface area contributed by atoms with E-state index in [1.165, 1.54) is 51.6 Å². The standard InChI is InChI=1S/C12H28N2.CH3NO2/c1-4-7-10-13-14(11-8-5-2)12-9-6-3;2-1(3)4/h13H,4-12H2,1-3H3;2H2,(H,3,4). The third-order valence-electron chi connectivity index (χ3n) is 2.43. The summed E-state index contributed by atoms with van der Waals surface area (Å²) in [5.74, 6) is 0. The van der Waals surface area contributed by atoms with Gasteiger partial charge in [-0.15, -0.1) is 0 Å². The van der Waals surface area contributed by atoms with Crippen molar-refractivity contribution < 1.29 is 9.90 Å². The average Bonchev–Trinajstić information content (AvgIpc) is 2.31. The van der Waals surface area contributed by atoms with Crippen molar-refractivity contribution in [3.63, 3.8) is 0 Å². The van der Waals surface area contributed by atoms with Crippen molar-refractivity contribution in [2.24, 2.45) is 5.73 Å². The topological polar surface area (TPSA) is 78.6 Å². The number of rotatable bonds is 10. The van der Waals surface area contributed by atoms with Crippen molar-refractivity contribution in [2.45, 2.75) is 59.3 Å². The first-order valence-corrected chi connectivity index (χ1v) is 7.05. The van der Waals surface area contributed by atoms with Gasteiger partial charge in [0, 0.05) is 19.6 Å². The molecule has 0 atom stereocenters. The number of carbonyl (C=O) groups is 1. The lowest BCUT2D eigenvalue weighted by Gasteiger charge is -2.22. The molecule has 0 aliphatic rings. The lowest BCUT2D eigenvalue weighted by Crippen LogP contribution is -2.39. The maximum absolute atomic E-state index is 8.78. The molecule has 0 radical (unpaired) electrons. The van der Waals surface area contributed by atoms with Gasteiger partial charge in [0.05, 0.1) is 0 Å². The minimum absolute atomic E-state index is 1.14. The fourth-order valence-electron chi connectivity index (χ4n) is 1.38. The van der Waals surface area contributed by atoms with Crippen LogP contribution in [-0.2, 0) is 0 Å². The van der Waals surface area contributed by atoms with Gasteiger partial charge in [-0.25, -0.2) is 9.80 Å². The molecule has 110 valence electrons. The molecular weight excluding hydrogens is 230 g/mol. The highest BCUT2D eigenvalue weighted by Gasteiger charge is 2.01. The van der Waals surface area contributed by atoms with E-state index >= 15 is 0 Å². The number of nitrogens with zero attached hydrogens (tertiary/aromatic N) is 1. The van der Waals surface area contributed by atoms with Crippen LogP contribution in [0.2, 0.25) is 0 Å². The molecule has 0 rings (SSSR count). The van der Waals surface area contributed by atoms with Gasteiger partial charge in [0.25, 0.3) is 0 Å². The Morgan fingerprint density at radius 3 is 1.78 bits per heavy atom. The Balaban J connectivity index is 0. The van der Waals surface area contributed by atoms with Crippen molar-refractivity contribution >= 4 is 6.09 Å². The molecule has 0 unspecified atom stereocenters. The summed E-state index contributed by atoms with van der Waals surface area (Å²) in [5.41, 5.74) is 7.55. The number of hydrazine groups is 1. The maximum Gasteiger partial charge on any atom is 0.402 e. The van der Waals surface area contributed by atoms with Crippen molar-refractivity contribution in [1.29, 1.82) is 0 Å². The van der Waals surface area contributed by atoms with Crippen LogP contribution >= 0.6 is 0 Å². The molecule has 0 fully saturated rings. The Labute approximate surface area is 112 Å². The average molecular weight is 261 g/mol. The molecule has 0 saturated carbocycles. The van der Waals surface area contributed by atoms with Crippen molar-refractivity contribution in [2.75, 3.05) is 19.6 Å². The molecule has 5 heteroatoms. The zero-order valence-corrected chi connectivity index (χ0v) is 12.2. The molecule has 0 aromatic rings. The molecule has 0 aliphatic carbocycles. The Hall–Kier alpha value is -0.810. The quantitative estimate of drug-likeness (QED) is 0.417. The lowest BCUT2D eigenvalue weighted by atomic mass is 10.3. The van der Waals surface area contributed by atoms with Gasteiger partial charge in [-0.2, -0.15) is 0 Å². The summed E-state index contributed by atoms with van der Waals surface area (Å²) in [6.07, 6.45) is 6.43. The van der Waals surface area contributed by atoms with E-state index in [0.29, 0.717) is 0 Å². The summed E-state index contributed by atoms with van der Waals surface area (Å²) in [7, 11) is 0. The Kier molecular flexibility index (Phi) is 17.6. The number of nitrogens with two attached hydrogens (primary N) is 1. The molecule has 0 aliphatic heterocycles. The molecule has 1 amide bonds. The van der Waals surface area contributed by atoms with E-state index in [-0.39, 0.29) is 0 Å². The monoisotopic (exact) mass is 261 g/mol. The van der Waals surface area contributed by atoms with E-state index in [1.807, 2.05) is 0 Å². The number of amides is 1. The van der Waals surface area contributed by atoms with Crippen molar-refractivity contribution in [3.05, 3.63) is 0 Å². The fraction of sp³-hybridized carbons (Fsp3) is 0.923. The van der Waals surface area contributed by atoms with E-state index in [1.54, 1.807) is 0 Å². The van der Waals surface area contributed by atoms with Crippen molar-refractivity contribution in [1.82, 2.24) is 10.4 Å². The first-order chi connectivity index (χ1) is 8.58. The van der Waals surface area contributed by atoms with Gasteiger partial charge in [-0.05, 0) is 19.3 Å². The second kappa shape index (κ2) is 16.2. The Morgan fingerprint density at radius 2 is 1.44 bits per heavy atom. The number of carboxylic acid groups (broad SMARTS) is 1. The van der Waals surface area contributed by atoms with Crippen LogP contribution in [0, 0.1) is 0 Å². The highest BCUT2D eigenvalue weighted by molar-refractivity contribution is 5.61. The summed E-state index contributed by atoms with van der Waals surface area (Å²) in [4.78, 5) is 8.78. The number of unbranched alkanes of at least 4 members (excludes halogenated alkanes) is 3. The summed E-state index contributed by atoms with van der Waals surface area (Å²) in [5, 5.41) is 9.60. The van der Waals surface area contributed by atoms with Crippen LogP contribution in [0.5, 0.6) is 0 Å². The second-order valence-corrected chi connectivity index (χ2v) is 4.29. The molecule has 0 aromatic carbocycles.